The molecule has 0 aliphatic carbocycles. The average molecular weight is 1830 g/mol. The second-order valence-electron chi connectivity index (χ2n) is 27.9. The normalized spacial score (nSPS) is 11.4. The molecule has 18 aromatic rings. The maximum atomic E-state index is 14.5. The molecule has 0 fully saturated rings. The number of nitrogens with zero attached hydrogens (tertiary/aromatic N) is 8. The molecular formula is C90H67F5Ir2N8O2Si2-4. The number of para-hydroxylation sites is 6. The second-order valence-corrected chi connectivity index (χ2v) is 38.0. The Hall–Kier alpha value is -11.3. The largest absolute Gasteiger partial charge is 0.486 e. The first-order chi connectivity index (χ1) is 51.7. The van der Waals surface area contributed by atoms with Crippen molar-refractivity contribution in [2.24, 2.45) is 0 Å². The van der Waals surface area contributed by atoms with Gasteiger partial charge in [-0.1, -0.05) is 152 Å². The van der Waals surface area contributed by atoms with Gasteiger partial charge in [0, 0.05) is 98.6 Å². The van der Waals surface area contributed by atoms with Crippen LogP contribution in [0.1, 0.15) is 11.1 Å². The number of halogens is 5. The van der Waals surface area contributed by atoms with Gasteiger partial charge in [0.2, 0.25) is 11.4 Å². The molecule has 0 unspecified atom stereocenters. The van der Waals surface area contributed by atoms with Crippen molar-refractivity contribution in [3.05, 3.63) is 326 Å². The van der Waals surface area contributed by atoms with Gasteiger partial charge in [0.25, 0.3) is 0 Å². The zero-order valence-corrected chi connectivity index (χ0v) is 67.1. The summed E-state index contributed by atoms with van der Waals surface area (Å²) in [4.78, 5) is 27.8. The zero-order valence-electron chi connectivity index (χ0n) is 60.3. The van der Waals surface area contributed by atoms with Gasteiger partial charge in [0.15, 0.2) is 0 Å². The van der Waals surface area contributed by atoms with Gasteiger partial charge in [-0.25, -0.2) is 31.9 Å². The summed E-state index contributed by atoms with van der Waals surface area (Å²) in [7, 11) is -2.46. The molecule has 10 aromatic carbocycles. The van der Waals surface area contributed by atoms with Crippen LogP contribution in [0.15, 0.2) is 270 Å². The summed E-state index contributed by atoms with van der Waals surface area (Å²) in [5.74, 6) is -3.02. The number of fused-ring (bicyclic) bond motifs is 8. The minimum atomic E-state index is -1.23. The molecule has 0 aliphatic heterocycles. The van der Waals surface area contributed by atoms with Gasteiger partial charge in [-0.15, -0.1) is 108 Å². The van der Waals surface area contributed by atoms with Gasteiger partial charge in [0.1, 0.15) is 29.1 Å². The summed E-state index contributed by atoms with van der Waals surface area (Å²) in [6.07, 6.45) is 5.35. The van der Waals surface area contributed by atoms with E-state index in [1.165, 1.54) is 34.8 Å². The van der Waals surface area contributed by atoms with E-state index in [1.807, 2.05) is 164 Å². The van der Waals surface area contributed by atoms with Crippen LogP contribution < -0.4 is 10.4 Å². The van der Waals surface area contributed by atoms with Gasteiger partial charge < -0.3 is 27.9 Å². The maximum Gasteiger partial charge on any atom is 0.216 e. The van der Waals surface area contributed by atoms with E-state index in [-0.39, 0.29) is 68.3 Å². The summed E-state index contributed by atoms with van der Waals surface area (Å²) in [5, 5.41) is 5.60. The van der Waals surface area contributed by atoms with Crippen molar-refractivity contribution >= 4 is 92.7 Å². The van der Waals surface area contributed by atoms with Crippen LogP contribution in [0.5, 0.6) is 0 Å². The molecule has 0 saturated heterocycles. The summed E-state index contributed by atoms with van der Waals surface area (Å²) in [5.41, 5.74) is 14.6. The third-order valence-corrected chi connectivity index (χ3v) is 22.6. The molecule has 2 radical (unpaired) electrons. The van der Waals surface area contributed by atoms with E-state index in [2.05, 4.69) is 143 Å². The van der Waals surface area contributed by atoms with E-state index in [4.69, 9.17) is 18.8 Å². The van der Waals surface area contributed by atoms with Gasteiger partial charge in [-0.3, -0.25) is 9.97 Å². The van der Waals surface area contributed by atoms with E-state index < -0.39 is 45.2 Å². The zero-order chi connectivity index (χ0) is 74.3. The number of rotatable bonds is 10. The molecule has 10 nitrogen and oxygen atoms in total. The van der Waals surface area contributed by atoms with E-state index in [0.29, 0.717) is 62.6 Å². The second kappa shape index (κ2) is 31.9. The predicted octanol–water partition coefficient (Wildman–Crippen LogP) is 22.4. The van der Waals surface area contributed by atoms with Crippen LogP contribution in [0.2, 0.25) is 39.3 Å². The van der Waals surface area contributed by atoms with Gasteiger partial charge >= 0.3 is 0 Å². The fraction of sp³-hybridized carbons (Fsp3) is 0.0889. The molecule has 8 heterocycles. The SMILES string of the molecule is C[Si](C)(C)c1ccc(-c2[c-]cccc2)nc1.C[Si](C)(C)c1ccc(-c2[c-]cccc2)nc1.Cc1cccc(C)c1-n1c(-c2[c-]ccc3c2oc2ncc(-c4c(F)cc(F)cc4F)cc23)nc2ccccc21.Fc1cccc(F)c1-c1ccc2c(n1)oc1c(-c3nc4ccccc4n3-c3ccccc3)[c-]ccc12.[Ir].[Ir]. The Kier molecular flexibility index (Phi) is 22.2. The molecule has 0 bridgehead atoms. The van der Waals surface area contributed by atoms with Gasteiger partial charge in [-0.05, 0) is 113 Å². The van der Waals surface area contributed by atoms with Crippen molar-refractivity contribution in [1.29, 1.82) is 0 Å². The first kappa shape index (κ1) is 75.9. The molecule has 544 valence electrons. The molecule has 0 amide bonds. The van der Waals surface area contributed by atoms with Crippen molar-refractivity contribution in [3.8, 4) is 79.0 Å². The molecule has 109 heavy (non-hydrogen) atoms. The summed E-state index contributed by atoms with van der Waals surface area (Å²) < 4.78 is 88.0. The maximum absolute atomic E-state index is 14.5. The summed E-state index contributed by atoms with van der Waals surface area (Å²) in [6.45, 7) is 18.1. The molecule has 0 atom stereocenters. The number of aryl methyl sites for hydroxylation is 2. The number of furan rings is 2. The van der Waals surface area contributed by atoms with Crippen molar-refractivity contribution in [3.63, 3.8) is 0 Å². The van der Waals surface area contributed by atoms with E-state index in [9.17, 15) is 22.0 Å². The van der Waals surface area contributed by atoms with E-state index in [1.54, 1.807) is 24.3 Å². The van der Waals surface area contributed by atoms with E-state index in [0.717, 1.165) is 77.9 Å². The van der Waals surface area contributed by atoms with Crippen LogP contribution in [0.25, 0.3) is 145 Å². The smallest absolute Gasteiger partial charge is 0.216 e. The Morgan fingerprint density at radius 2 is 0.862 bits per heavy atom. The molecule has 8 aromatic heterocycles. The molecule has 0 saturated carbocycles. The number of benzene rings is 10. The Morgan fingerprint density at radius 1 is 0.376 bits per heavy atom. The van der Waals surface area contributed by atoms with Crippen LogP contribution in [0.4, 0.5) is 22.0 Å². The van der Waals surface area contributed by atoms with Crippen molar-refractivity contribution in [2.45, 2.75) is 53.1 Å². The monoisotopic (exact) mass is 1830 g/mol. The fourth-order valence-corrected chi connectivity index (χ4v) is 15.2. The molecule has 0 spiro atoms. The standard InChI is InChI=1S/C32H19F3N3O.C30H16F2N3O.2C14H16NSi.2Ir/c1-17-7-5-8-18(2)29(17)38-27-12-4-3-11-26(27)37-31(38)22-10-6-9-21-23-13-19(16-36-32(23)39-30(21)22)28-24(34)14-20(33)15-25(28)35;31-22-12-7-13-23(32)27(22)25-17-16-20-19-10-6-11-21(28(19)36-30(20)34-25)29-33-24-14-4-5-15-26(24)35(29)18-8-2-1-3-9-18;2*1-16(2,3)13-9-10-14(15-11-13)12-7-5-4-6-8-12;;/h3-9,11-16H,1-2H3;1-10,12-17H;2*4-7,9-11H,1-3H3;;/q4*-1;;. The van der Waals surface area contributed by atoms with Crippen LogP contribution in [-0.4, -0.2) is 55.2 Å². The van der Waals surface area contributed by atoms with Crippen LogP contribution in [0, 0.1) is 67.2 Å². The topological polar surface area (TPSA) is 113 Å². The third kappa shape index (κ3) is 15.5. The molecule has 0 N–H and O–H groups in total. The number of pyridine rings is 4. The number of hydrogen-bond acceptors (Lipinski definition) is 8. The van der Waals surface area contributed by atoms with Crippen LogP contribution in [0.3, 0.4) is 0 Å². The Bertz CT molecular complexity index is 6170. The number of imidazole rings is 2. The van der Waals surface area contributed by atoms with Gasteiger partial charge in [0.05, 0.1) is 77.9 Å². The van der Waals surface area contributed by atoms with Crippen LogP contribution in [-0.2, 0) is 40.2 Å². The number of aromatic nitrogens is 8. The first-order valence-electron chi connectivity index (χ1n) is 34.7. The predicted molar refractivity (Wildman–Crippen MR) is 424 cm³/mol. The van der Waals surface area contributed by atoms with E-state index >= 15 is 0 Å². The van der Waals surface area contributed by atoms with Crippen molar-refractivity contribution in [2.75, 3.05) is 0 Å². The minimum Gasteiger partial charge on any atom is -0.486 e. The Balaban J connectivity index is 0.000000137. The van der Waals surface area contributed by atoms with Crippen LogP contribution >= 0.6 is 0 Å². The average Bonchev–Trinajstić information content (AvgIpc) is 1.60. The molecular weight excluding hydrogens is 1760 g/mol. The summed E-state index contributed by atoms with van der Waals surface area (Å²) >= 11 is 0. The minimum absolute atomic E-state index is 0. The van der Waals surface area contributed by atoms with Gasteiger partial charge in [-0.2, -0.15) is 0 Å². The van der Waals surface area contributed by atoms with Crippen molar-refractivity contribution < 1.29 is 71.0 Å². The fourth-order valence-electron chi connectivity index (χ4n) is 13.1. The first-order valence-corrected chi connectivity index (χ1v) is 41.7. The Morgan fingerprint density at radius 3 is 1.39 bits per heavy atom. The van der Waals surface area contributed by atoms with Crippen molar-refractivity contribution in [1.82, 2.24) is 39.0 Å². The molecule has 19 heteroatoms. The number of hydrogen-bond donors (Lipinski definition) is 0. The molecule has 0 aliphatic rings. The quantitative estimate of drug-likeness (QED) is 0.0756. The third-order valence-electron chi connectivity index (χ3n) is 18.6. The summed E-state index contributed by atoms with van der Waals surface area (Å²) in [6, 6.07) is 86.8. The Labute approximate surface area is 655 Å². The molecule has 18 rings (SSSR count).